The van der Waals surface area contributed by atoms with Crippen molar-refractivity contribution in [2.24, 2.45) is 4.99 Å². The summed E-state index contributed by atoms with van der Waals surface area (Å²) in [5.41, 5.74) is 2.23. The van der Waals surface area contributed by atoms with Gasteiger partial charge in [-0.1, -0.05) is 0 Å². The number of guanidine groups is 1. The standard InChI is InChI=1S/C20H27FN6.HI/c1-22-20(24-15-16-8-9-23-19(14-16)25(2)3)27-12-10-26(11-13-27)18-6-4-17(21)5-7-18;/h4-9,14H,10-13,15H2,1-3H3,(H,22,24);1H. The van der Waals surface area contributed by atoms with Crippen LogP contribution in [-0.2, 0) is 6.54 Å². The van der Waals surface area contributed by atoms with Crippen LogP contribution in [0.3, 0.4) is 0 Å². The summed E-state index contributed by atoms with van der Waals surface area (Å²) in [6.45, 7) is 4.21. The number of nitrogens with one attached hydrogen (secondary N) is 1. The Kier molecular flexibility index (Phi) is 8.28. The van der Waals surface area contributed by atoms with Crippen molar-refractivity contribution in [2.45, 2.75) is 6.54 Å². The van der Waals surface area contributed by atoms with E-state index in [2.05, 4.69) is 31.2 Å². The molecule has 1 saturated heterocycles. The number of nitrogens with zero attached hydrogens (tertiary/aromatic N) is 5. The molecular formula is C20H28FIN6. The van der Waals surface area contributed by atoms with Gasteiger partial charge in [0.25, 0.3) is 0 Å². The van der Waals surface area contributed by atoms with Crippen molar-refractivity contribution in [2.75, 3.05) is 57.1 Å². The zero-order valence-electron chi connectivity index (χ0n) is 16.6. The van der Waals surface area contributed by atoms with Gasteiger partial charge in [0.05, 0.1) is 0 Å². The summed E-state index contributed by atoms with van der Waals surface area (Å²) < 4.78 is 13.1. The molecule has 3 rings (SSSR count). The Morgan fingerprint density at radius 1 is 1.14 bits per heavy atom. The summed E-state index contributed by atoms with van der Waals surface area (Å²) in [7, 11) is 5.78. The minimum Gasteiger partial charge on any atom is -0.368 e. The zero-order chi connectivity index (χ0) is 19.2. The number of aromatic nitrogens is 1. The van der Waals surface area contributed by atoms with Gasteiger partial charge in [0.1, 0.15) is 11.6 Å². The van der Waals surface area contributed by atoms with Gasteiger partial charge in [0.15, 0.2) is 5.96 Å². The monoisotopic (exact) mass is 498 g/mol. The van der Waals surface area contributed by atoms with Gasteiger partial charge >= 0.3 is 0 Å². The number of hydrogen-bond donors (Lipinski definition) is 1. The lowest BCUT2D eigenvalue weighted by Crippen LogP contribution is -2.52. The summed E-state index contributed by atoms with van der Waals surface area (Å²) in [6.07, 6.45) is 1.83. The molecule has 0 amide bonds. The molecule has 0 aliphatic carbocycles. The summed E-state index contributed by atoms with van der Waals surface area (Å²) in [4.78, 5) is 15.3. The number of hydrogen-bond acceptors (Lipinski definition) is 4. The fourth-order valence-electron chi connectivity index (χ4n) is 3.16. The molecule has 1 aromatic carbocycles. The molecule has 1 N–H and O–H groups in total. The van der Waals surface area contributed by atoms with Gasteiger partial charge in [-0.05, 0) is 42.0 Å². The molecule has 28 heavy (non-hydrogen) atoms. The lowest BCUT2D eigenvalue weighted by Gasteiger charge is -2.37. The number of anilines is 2. The smallest absolute Gasteiger partial charge is 0.194 e. The van der Waals surface area contributed by atoms with Crippen LogP contribution in [0.2, 0.25) is 0 Å². The lowest BCUT2D eigenvalue weighted by molar-refractivity contribution is 0.372. The van der Waals surface area contributed by atoms with Gasteiger partial charge < -0.3 is 20.0 Å². The van der Waals surface area contributed by atoms with E-state index in [9.17, 15) is 4.39 Å². The van der Waals surface area contributed by atoms with Crippen molar-refractivity contribution in [3.05, 3.63) is 54.0 Å². The molecule has 0 saturated carbocycles. The van der Waals surface area contributed by atoms with Crippen LogP contribution in [0.4, 0.5) is 15.9 Å². The molecule has 0 radical (unpaired) electrons. The van der Waals surface area contributed by atoms with Gasteiger partial charge in [0, 0.05) is 65.8 Å². The largest absolute Gasteiger partial charge is 0.368 e. The zero-order valence-corrected chi connectivity index (χ0v) is 18.9. The summed E-state index contributed by atoms with van der Waals surface area (Å²) in [6, 6.07) is 10.8. The van der Waals surface area contributed by atoms with Crippen molar-refractivity contribution in [1.82, 2.24) is 15.2 Å². The quantitative estimate of drug-likeness (QED) is 0.399. The normalized spacial score (nSPS) is 14.5. The Morgan fingerprint density at radius 2 is 1.82 bits per heavy atom. The molecule has 8 heteroatoms. The van der Waals surface area contributed by atoms with E-state index in [-0.39, 0.29) is 29.8 Å². The predicted octanol–water partition coefficient (Wildman–Crippen LogP) is 2.80. The van der Waals surface area contributed by atoms with Crippen LogP contribution in [-0.4, -0.2) is 63.2 Å². The summed E-state index contributed by atoms with van der Waals surface area (Å²) >= 11 is 0. The van der Waals surface area contributed by atoms with Gasteiger partial charge in [-0.15, -0.1) is 24.0 Å². The summed E-state index contributed by atoms with van der Waals surface area (Å²) in [5.74, 6) is 1.64. The fraction of sp³-hybridized carbons (Fsp3) is 0.400. The molecule has 0 bridgehead atoms. The number of pyridine rings is 1. The highest BCUT2D eigenvalue weighted by Gasteiger charge is 2.19. The number of rotatable bonds is 4. The third-order valence-corrected chi connectivity index (χ3v) is 4.70. The SMILES string of the molecule is CN=C(NCc1ccnc(N(C)C)c1)N1CCN(c2ccc(F)cc2)CC1.I. The molecule has 1 aliphatic rings. The molecule has 6 nitrogen and oxygen atoms in total. The molecule has 0 atom stereocenters. The number of halogens is 2. The van der Waals surface area contributed by atoms with Crippen molar-refractivity contribution < 1.29 is 4.39 Å². The topological polar surface area (TPSA) is 47.0 Å². The van der Waals surface area contributed by atoms with E-state index in [1.54, 1.807) is 0 Å². The summed E-state index contributed by atoms with van der Waals surface area (Å²) in [5, 5.41) is 3.45. The Bertz CT molecular complexity index is 773. The fourth-order valence-corrected chi connectivity index (χ4v) is 3.16. The van der Waals surface area contributed by atoms with Crippen LogP contribution in [0.15, 0.2) is 47.6 Å². The van der Waals surface area contributed by atoms with Gasteiger partial charge in [0.2, 0.25) is 0 Å². The maximum atomic E-state index is 13.1. The first kappa shape index (κ1) is 22.2. The van der Waals surface area contributed by atoms with Crippen LogP contribution >= 0.6 is 24.0 Å². The van der Waals surface area contributed by atoms with E-state index in [0.717, 1.165) is 43.6 Å². The maximum Gasteiger partial charge on any atom is 0.194 e. The first-order valence-electron chi connectivity index (χ1n) is 9.15. The minimum absolute atomic E-state index is 0. The lowest BCUT2D eigenvalue weighted by atomic mass is 10.2. The minimum atomic E-state index is -0.199. The van der Waals surface area contributed by atoms with Crippen molar-refractivity contribution in [3.63, 3.8) is 0 Å². The Labute approximate surface area is 183 Å². The maximum absolute atomic E-state index is 13.1. The van der Waals surface area contributed by atoms with Crippen LogP contribution in [0.5, 0.6) is 0 Å². The van der Waals surface area contributed by atoms with E-state index < -0.39 is 0 Å². The first-order chi connectivity index (χ1) is 13.1. The number of aliphatic imine (C=N–C) groups is 1. The third kappa shape index (κ3) is 5.70. The molecule has 0 unspecified atom stereocenters. The molecule has 152 valence electrons. The van der Waals surface area contributed by atoms with Crippen molar-refractivity contribution >= 4 is 41.4 Å². The van der Waals surface area contributed by atoms with Crippen LogP contribution in [0.1, 0.15) is 5.56 Å². The molecule has 2 aromatic rings. The van der Waals surface area contributed by atoms with E-state index in [1.165, 1.54) is 17.7 Å². The van der Waals surface area contributed by atoms with E-state index in [0.29, 0.717) is 6.54 Å². The van der Waals surface area contributed by atoms with Crippen LogP contribution < -0.4 is 15.1 Å². The van der Waals surface area contributed by atoms with E-state index >= 15 is 0 Å². The van der Waals surface area contributed by atoms with Gasteiger partial charge in [-0.2, -0.15) is 0 Å². The Hall–Kier alpha value is -2.10. The van der Waals surface area contributed by atoms with E-state index in [4.69, 9.17) is 0 Å². The Morgan fingerprint density at radius 3 is 2.43 bits per heavy atom. The molecule has 2 heterocycles. The third-order valence-electron chi connectivity index (χ3n) is 4.70. The number of benzene rings is 1. The average Bonchev–Trinajstić information content (AvgIpc) is 2.70. The molecule has 1 aliphatic heterocycles. The van der Waals surface area contributed by atoms with Crippen LogP contribution in [0.25, 0.3) is 0 Å². The van der Waals surface area contributed by atoms with Crippen LogP contribution in [0, 0.1) is 5.82 Å². The van der Waals surface area contributed by atoms with E-state index in [1.807, 2.05) is 50.4 Å². The molecular weight excluding hydrogens is 470 g/mol. The molecule has 1 aromatic heterocycles. The van der Waals surface area contributed by atoms with Gasteiger partial charge in [-0.25, -0.2) is 9.37 Å². The van der Waals surface area contributed by atoms with Crippen molar-refractivity contribution in [3.8, 4) is 0 Å². The molecule has 1 fully saturated rings. The Balaban J connectivity index is 0.00000280. The van der Waals surface area contributed by atoms with Crippen molar-refractivity contribution in [1.29, 1.82) is 0 Å². The molecule has 0 spiro atoms. The number of piperazine rings is 1. The highest BCUT2D eigenvalue weighted by molar-refractivity contribution is 14.0. The average molecular weight is 498 g/mol. The second-order valence-electron chi connectivity index (χ2n) is 6.77. The second kappa shape index (κ2) is 10.4. The highest BCUT2D eigenvalue weighted by Crippen LogP contribution is 2.17. The highest BCUT2D eigenvalue weighted by atomic mass is 127. The first-order valence-corrected chi connectivity index (χ1v) is 9.15. The predicted molar refractivity (Wildman–Crippen MR) is 124 cm³/mol. The van der Waals surface area contributed by atoms with Gasteiger partial charge in [-0.3, -0.25) is 4.99 Å². The second-order valence-corrected chi connectivity index (χ2v) is 6.77.